The Balaban J connectivity index is 2.41. The van der Waals surface area contributed by atoms with Crippen LogP contribution in [0.2, 0.25) is 0 Å². The quantitative estimate of drug-likeness (QED) is 0.594. The summed E-state index contributed by atoms with van der Waals surface area (Å²) in [4.78, 5) is 0. The van der Waals surface area contributed by atoms with Crippen LogP contribution in [0.1, 0.15) is 18.9 Å². The summed E-state index contributed by atoms with van der Waals surface area (Å²) in [6.45, 7) is 5.98. The zero-order chi connectivity index (χ0) is 12.5. The van der Waals surface area contributed by atoms with E-state index in [-0.39, 0.29) is 0 Å². The third-order valence-corrected chi connectivity index (χ3v) is 3.34. The monoisotopic (exact) mass is 235 g/mol. The minimum Gasteiger partial charge on any atom is -0.464 e. The summed E-state index contributed by atoms with van der Waals surface area (Å²) in [5, 5.41) is 3.70. The van der Waals surface area contributed by atoms with E-state index in [0.717, 1.165) is 12.0 Å². The molecular formula is C17H15O. The standard InChI is InChI=1S/C17H15O/c1-3-6-12(2)15-11-18-16-10-9-13-7-4-5-8-14(13)17(15)16/h4-11H,1,3H2,2H3. The normalized spacial score (nSPS) is 12.4. The van der Waals surface area contributed by atoms with Crippen LogP contribution in [0.5, 0.6) is 0 Å². The third-order valence-electron chi connectivity index (χ3n) is 3.34. The summed E-state index contributed by atoms with van der Waals surface area (Å²) < 4.78 is 5.66. The SMILES string of the molecule is [CH2]CC=C(C)c1coc2ccc3ccccc3c12. The van der Waals surface area contributed by atoms with Crippen LogP contribution in [0.25, 0.3) is 27.3 Å². The molecule has 0 bridgehead atoms. The summed E-state index contributed by atoms with van der Waals surface area (Å²) in [5.41, 5.74) is 3.34. The van der Waals surface area contributed by atoms with Crippen molar-refractivity contribution >= 4 is 27.3 Å². The zero-order valence-corrected chi connectivity index (χ0v) is 10.4. The lowest BCUT2D eigenvalue weighted by atomic mass is 10.00. The molecule has 0 atom stereocenters. The van der Waals surface area contributed by atoms with Crippen molar-refractivity contribution in [2.24, 2.45) is 0 Å². The molecular weight excluding hydrogens is 220 g/mol. The first-order valence-electron chi connectivity index (χ1n) is 6.16. The summed E-state index contributed by atoms with van der Waals surface area (Å²) >= 11 is 0. The predicted molar refractivity (Wildman–Crippen MR) is 77.3 cm³/mol. The Morgan fingerprint density at radius 3 is 2.89 bits per heavy atom. The van der Waals surface area contributed by atoms with Gasteiger partial charge in [-0.1, -0.05) is 36.4 Å². The van der Waals surface area contributed by atoms with Crippen molar-refractivity contribution in [2.45, 2.75) is 13.3 Å². The lowest BCUT2D eigenvalue weighted by molar-refractivity contribution is 0.615. The maximum atomic E-state index is 5.66. The van der Waals surface area contributed by atoms with Crippen LogP contribution >= 0.6 is 0 Å². The van der Waals surface area contributed by atoms with E-state index in [4.69, 9.17) is 4.42 Å². The van der Waals surface area contributed by atoms with Crippen molar-refractivity contribution < 1.29 is 4.42 Å². The van der Waals surface area contributed by atoms with Gasteiger partial charge in [0.25, 0.3) is 0 Å². The molecule has 0 aliphatic heterocycles. The second-order valence-corrected chi connectivity index (χ2v) is 4.49. The lowest BCUT2D eigenvalue weighted by Crippen LogP contribution is -1.79. The number of benzene rings is 2. The van der Waals surface area contributed by atoms with Crippen LogP contribution in [0, 0.1) is 6.92 Å². The molecule has 0 unspecified atom stereocenters. The molecule has 0 fully saturated rings. The van der Waals surface area contributed by atoms with E-state index >= 15 is 0 Å². The Kier molecular flexibility index (Phi) is 2.67. The molecule has 1 nitrogen and oxygen atoms in total. The summed E-state index contributed by atoms with van der Waals surface area (Å²) in [6, 6.07) is 12.6. The Morgan fingerprint density at radius 2 is 2.06 bits per heavy atom. The van der Waals surface area contributed by atoms with Gasteiger partial charge in [0.15, 0.2) is 0 Å². The molecule has 3 rings (SSSR count). The van der Waals surface area contributed by atoms with Gasteiger partial charge in [-0.3, -0.25) is 0 Å². The molecule has 0 spiro atoms. The maximum absolute atomic E-state index is 5.66. The molecule has 0 amide bonds. The van der Waals surface area contributed by atoms with Gasteiger partial charge >= 0.3 is 0 Å². The van der Waals surface area contributed by atoms with Crippen LogP contribution in [-0.2, 0) is 0 Å². The molecule has 18 heavy (non-hydrogen) atoms. The molecule has 89 valence electrons. The van der Waals surface area contributed by atoms with Crippen molar-refractivity contribution in [1.29, 1.82) is 0 Å². The molecule has 1 aromatic heterocycles. The number of allylic oxidation sites excluding steroid dienone is 2. The lowest BCUT2D eigenvalue weighted by Gasteiger charge is -2.02. The van der Waals surface area contributed by atoms with E-state index in [1.54, 1.807) is 0 Å². The summed E-state index contributed by atoms with van der Waals surface area (Å²) in [7, 11) is 0. The van der Waals surface area contributed by atoms with Gasteiger partial charge in [-0.2, -0.15) is 0 Å². The van der Waals surface area contributed by atoms with E-state index in [1.807, 2.05) is 12.3 Å². The Morgan fingerprint density at radius 1 is 1.22 bits per heavy atom. The fourth-order valence-electron chi connectivity index (χ4n) is 2.43. The average molecular weight is 235 g/mol. The van der Waals surface area contributed by atoms with Gasteiger partial charge in [0.2, 0.25) is 0 Å². The molecule has 0 saturated carbocycles. The highest BCUT2D eigenvalue weighted by atomic mass is 16.3. The minimum atomic E-state index is 0.795. The first-order chi connectivity index (χ1) is 8.81. The number of hydrogen-bond acceptors (Lipinski definition) is 1. The topological polar surface area (TPSA) is 13.1 Å². The predicted octanol–water partition coefficient (Wildman–Crippen LogP) is 5.21. The smallest absolute Gasteiger partial charge is 0.135 e. The maximum Gasteiger partial charge on any atom is 0.135 e. The van der Waals surface area contributed by atoms with Gasteiger partial charge in [-0.15, -0.1) is 0 Å². The minimum absolute atomic E-state index is 0.795. The van der Waals surface area contributed by atoms with E-state index in [0.29, 0.717) is 0 Å². The van der Waals surface area contributed by atoms with Crippen LogP contribution in [0.15, 0.2) is 53.2 Å². The van der Waals surface area contributed by atoms with Crippen LogP contribution in [0.4, 0.5) is 0 Å². The Labute approximate surface area is 107 Å². The first kappa shape index (κ1) is 11.1. The van der Waals surface area contributed by atoms with E-state index < -0.39 is 0 Å². The number of fused-ring (bicyclic) bond motifs is 3. The molecule has 2 aromatic carbocycles. The fraction of sp³-hybridized carbons (Fsp3) is 0.118. The molecule has 0 aliphatic rings. The second-order valence-electron chi connectivity index (χ2n) is 4.49. The van der Waals surface area contributed by atoms with E-state index in [2.05, 4.69) is 50.3 Å². The Hall–Kier alpha value is -2.02. The van der Waals surface area contributed by atoms with Gasteiger partial charge in [0.05, 0.1) is 6.26 Å². The van der Waals surface area contributed by atoms with Crippen LogP contribution < -0.4 is 0 Å². The van der Waals surface area contributed by atoms with Crippen molar-refractivity contribution in [1.82, 2.24) is 0 Å². The zero-order valence-electron chi connectivity index (χ0n) is 10.4. The Bertz CT molecular complexity index is 732. The van der Waals surface area contributed by atoms with Gasteiger partial charge < -0.3 is 4.42 Å². The summed E-state index contributed by atoms with van der Waals surface area (Å²) in [6.07, 6.45) is 4.77. The fourth-order valence-corrected chi connectivity index (χ4v) is 2.43. The van der Waals surface area contributed by atoms with Gasteiger partial charge in [-0.05, 0) is 42.7 Å². The third kappa shape index (κ3) is 1.63. The highest BCUT2D eigenvalue weighted by Crippen LogP contribution is 2.33. The van der Waals surface area contributed by atoms with Crippen molar-refractivity contribution in [2.75, 3.05) is 0 Å². The largest absolute Gasteiger partial charge is 0.464 e. The van der Waals surface area contributed by atoms with Crippen LogP contribution in [0.3, 0.4) is 0 Å². The molecule has 1 radical (unpaired) electrons. The number of furan rings is 1. The van der Waals surface area contributed by atoms with Gasteiger partial charge in [0, 0.05) is 10.9 Å². The van der Waals surface area contributed by atoms with E-state index in [1.165, 1.54) is 27.3 Å². The number of rotatable bonds is 2. The van der Waals surface area contributed by atoms with Crippen molar-refractivity contribution in [3.8, 4) is 0 Å². The molecule has 0 saturated heterocycles. The van der Waals surface area contributed by atoms with Crippen molar-refractivity contribution in [3.63, 3.8) is 0 Å². The van der Waals surface area contributed by atoms with E-state index in [9.17, 15) is 0 Å². The molecule has 1 heteroatoms. The molecule has 1 heterocycles. The summed E-state index contributed by atoms with van der Waals surface area (Å²) in [5.74, 6) is 0. The molecule has 0 aliphatic carbocycles. The molecule has 0 N–H and O–H groups in total. The van der Waals surface area contributed by atoms with Crippen LogP contribution in [-0.4, -0.2) is 0 Å². The second kappa shape index (κ2) is 4.34. The highest BCUT2D eigenvalue weighted by Gasteiger charge is 2.10. The van der Waals surface area contributed by atoms with Gasteiger partial charge in [0.1, 0.15) is 5.58 Å². The van der Waals surface area contributed by atoms with Crippen molar-refractivity contribution in [3.05, 3.63) is 61.2 Å². The number of hydrogen-bond donors (Lipinski definition) is 0. The molecule has 3 aromatic rings. The average Bonchev–Trinajstić information content (AvgIpc) is 2.83. The highest BCUT2D eigenvalue weighted by molar-refractivity contribution is 6.10. The first-order valence-corrected chi connectivity index (χ1v) is 6.16. The van der Waals surface area contributed by atoms with Gasteiger partial charge in [-0.25, -0.2) is 0 Å².